The number of likely N-dealkylation sites (tertiary alicyclic amines) is 1. The zero-order valence-electron chi connectivity index (χ0n) is 53.9. The summed E-state index contributed by atoms with van der Waals surface area (Å²) in [4.78, 5) is 94.7. The van der Waals surface area contributed by atoms with Crippen molar-refractivity contribution < 1.29 is 76.0 Å². The molecule has 2 unspecified atom stereocenters. The van der Waals surface area contributed by atoms with E-state index in [0.29, 0.717) is 77.6 Å². The molecule has 5 aliphatic rings. The highest BCUT2D eigenvalue weighted by Crippen LogP contribution is 2.47. The lowest BCUT2D eigenvalue weighted by Gasteiger charge is -2.42. The number of nitriles is 1. The number of alkyl carbamates (subject to hydrolysis) is 1. The van der Waals surface area contributed by atoms with Gasteiger partial charge in [-0.1, -0.05) is 19.1 Å². The predicted octanol–water partition coefficient (Wildman–Crippen LogP) is 7.97. The highest BCUT2D eigenvalue weighted by Gasteiger charge is 2.43. The number of carbonyl (C=O) groups excluding carboxylic acids is 6. The number of nitrogens with zero attached hydrogens (tertiary/aromatic N) is 10. The predicted molar refractivity (Wildman–Crippen MR) is 341 cm³/mol. The summed E-state index contributed by atoms with van der Waals surface area (Å²) in [5.41, 5.74) is 4.89. The molecular formula is C67H81N12O15+. The van der Waals surface area contributed by atoms with E-state index in [2.05, 4.69) is 38.2 Å². The van der Waals surface area contributed by atoms with Gasteiger partial charge in [-0.15, -0.1) is 0 Å². The van der Waals surface area contributed by atoms with Crippen molar-refractivity contribution in [1.82, 2.24) is 39.5 Å². The van der Waals surface area contributed by atoms with Crippen LogP contribution in [0.15, 0.2) is 79.4 Å². The van der Waals surface area contributed by atoms with Gasteiger partial charge in [0, 0.05) is 98.3 Å². The average Bonchev–Trinajstić information content (AvgIpc) is 1.73. The second kappa shape index (κ2) is 29.9. The molecule has 2 N–H and O–H groups in total. The van der Waals surface area contributed by atoms with Crippen molar-refractivity contribution in [2.45, 2.75) is 89.7 Å². The number of pyridine rings is 1. The Morgan fingerprint density at radius 2 is 1.51 bits per heavy atom. The van der Waals surface area contributed by atoms with E-state index >= 15 is 0 Å². The Morgan fingerprint density at radius 1 is 0.787 bits per heavy atom. The number of aryl methyl sites for hydroxylation is 2. The fraction of sp³-hybridized carbons (Fsp3) is 0.493. The quantitative estimate of drug-likeness (QED) is 0.0349. The summed E-state index contributed by atoms with van der Waals surface area (Å²) in [6.45, 7) is 5.82. The van der Waals surface area contributed by atoms with E-state index in [9.17, 15) is 28.8 Å². The summed E-state index contributed by atoms with van der Waals surface area (Å²) in [6, 6.07) is 20.0. The molecule has 498 valence electrons. The van der Waals surface area contributed by atoms with Crippen LogP contribution in [0, 0.1) is 29.1 Å². The molecule has 0 spiro atoms. The van der Waals surface area contributed by atoms with Crippen molar-refractivity contribution >= 4 is 69.6 Å². The van der Waals surface area contributed by atoms with Gasteiger partial charge in [-0.05, 0) is 109 Å². The number of rotatable bonds is 23. The van der Waals surface area contributed by atoms with Gasteiger partial charge in [0.05, 0.1) is 67.6 Å². The fourth-order valence-corrected chi connectivity index (χ4v) is 13.2. The minimum atomic E-state index is -0.619. The van der Waals surface area contributed by atoms with Crippen molar-refractivity contribution in [3.05, 3.63) is 90.5 Å². The van der Waals surface area contributed by atoms with E-state index in [1.54, 1.807) is 68.6 Å². The number of aromatic nitrogens is 4. The number of benzene rings is 3. The molecular weight excluding hydrogens is 1210 g/mol. The maximum absolute atomic E-state index is 13.7. The van der Waals surface area contributed by atoms with Gasteiger partial charge in [0.25, 0.3) is 0 Å². The summed E-state index contributed by atoms with van der Waals surface area (Å²) in [5.74, 6) is 3.85. The Kier molecular flexibility index (Phi) is 21.0. The molecule has 3 aromatic heterocycles. The van der Waals surface area contributed by atoms with Gasteiger partial charge in [-0.2, -0.15) is 9.83 Å². The number of carbonyl (C=O) groups is 6. The molecule has 27 heteroatoms. The Bertz CT molecular complexity index is 3790. The summed E-state index contributed by atoms with van der Waals surface area (Å²) in [7, 11) is 8.27. The van der Waals surface area contributed by atoms with Crippen molar-refractivity contribution in [2.75, 3.05) is 118 Å². The van der Waals surface area contributed by atoms with Gasteiger partial charge in [-0.3, -0.25) is 14.7 Å². The van der Waals surface area contributed by atoms with Gasteiger partial charge in [0.2, 0.25) is 18.4 Å². The van der Waals surface area contributed by atoms with Crippen molar-refractivity contribution in [2.24, 2.45) is 17.8 Å². The molecule has 3 fully saturated rings. The highest BCUT2D eigenvalue weighted by molar-refractivity contribution is 5.96. The number of fused-ring (bicyclic) bond motifs is 7. The monoisotopic (exact) mass is 1290 g/mol. The molecule has 2 aliphatic carbocycles. The smallest absolute Gasteiger partial charge is 0.415 e. The fourth-order valence-electron chi connectivity index (χ4n) is 13.2. The van der Waals surface area contributed by atoms with Crippen molar-refractivity contribution in [3.63, 3.8) is 0 Å². The van der Waals surface area contributed by atoms with Crippen molar-refractivity contribution in [3.8, 4) is 40.3 Å². The van der Waals surface area contributed by atoms with Crippen LogP contribution in [0.2, 0.25) is 0 Å². The molecule has 0 radical (unpaired) electrons. The normalized spacial score (nSPS) is 19.1. The van der Waals surface area contributed by atoms with Crippen molar-refractivity contribution in [1.29, 1.82) is 5.26 Å². The number of piperidine rings is 1. The number of hydrogen-bond donors (Lipinski definition) is 2. The Balaban J connectivity index is 0.514. The first-order valence-corrected chi connectivity index (χ1v) is 31.9. The summed E-state index contributed by atoms with van der Waals surface area (Å²) in [5, 5.41) is 16.8. The first kappa shape index (κ1) is 65.8. The molecule has 6 heterocycles. The number of hydrogen-bond acceptors (Lipinski definition) is 19. The molecule has 94 heavy (non-hydrogen) atoms. The molecule has 6 aromatic rings. The number of ether oxygens (including phenoxy) is 9. The largest absolute Gasteiger partial charge is 0.493 e. The first-order valence-electron chi connectivity index (χ1n) is 31.9. The van der Waals surface area contributed by atoms with Crippen LogP contribution in [0.5, 0.6) is 23.0 Å². The zero-order chi connectivity index (χ0) is 66.0. The van der Waals surface area contributed by atoms with Gasteiger partial charge in [0.15, 0.2) is 41.4 Å². The number of amides is 6. The standard InChI is InChI=1S/C67H80N12O15/c1-42-15-20-78(59(80)14-18-68)38-55(42)76(5)61-51-17-22-79(62(51)71-40-70-61)65(83)73(2)24-25-75(4)66(84)91-39-43-8-11-48(12-9-43)72-64(82)90-29-28-88-50-32-46-30-49(31-47(46)33-50)87-26-7-27-89-63(81)69-19-23-74(3)67(85)94-60-53-37-77-21-16-45-35-57-58(93-41-92-57)36-52(45)54(77)34-44(53)10-13-56(60)86-6/h8-13,17,22,34-37,40,42,46-47,49-50,55H,7,14-16,19-21,23-33,38-39,41H2,1-6H3,(H-,69,72,81,82)/p+1/t42-,46?,47?,49?,50?,55+/m0/s1. The van der Waals surface area contributed by atoms with E-state index in [4.69, 9.17) is 47.9 Å². The zero-order valence-corrected chi connectivity index (χ0v) is 53.9. The van der Waals surface area contributed by atoms with Crippen LogP contribution in [0.3, 0.4) is 0 Å². The van der Waals surface area contributed by atoms with Gasteiger partial charge < -0.3 is 72.4 Å². The van der Waals surface area contributed by atoms with Crippen LogP contribution >= 0.6 is 0 Å². The third kappa shape index (κ3) is 15.3. The van der Waals surface area contributed by atoms with E-state index in [0.717, 1.165) is 78.6 Å². The molecule has 6 amide bonds. The lowest BCUT2D eigenvalue weighted by molar-refractivity contribution is -0.686. The first-order chi connectivity index (χ1) is 45.5. The maximum atomic E-state index is 13.7. The number of anilines is 2. The van der Waals surface area contributed by atoms with Crippen LogP contribution < -0.4 is 39.0 Å². The second-order valence-electron chi connectivity index (χ2n) is 24.6. The lowest BCUT2D eigenvalue weighted by Crippen LogP contribution is -2.52. The Labute approximate surface area is 544 Å². The van der Waals surface area contributed by atoms with Gasteiger partial charge in [-0.25, -0.2) is 33.9 Å². The number of nitrogens with one attached hydrogen (secondary N) is 2. The third-order valence-corrected chi connectivity index (χ3v) is 18.5. The summed E-state index contributed by atoms with van der Waals surface area (Å²) >= 11 is 0. The number of likely N-dealkylation sites (N-methyl/N-ethyl adjacent to an activating group) is 4. The molecule has 0 bridgehead atoms. The topological polar surface area (TPSA) is 284 Å². The third-order valence-electron chi connectivity index (χ3n) is 18.5. The lowest BCUT2D eigenvalue weighted by atomic mass is 9.92. The Hall–Kier alpha value is -9.68. The summed E-state index contributed by atoms with van der Waals surface area (Å²) in [6.07, 6.45) is 8.52. The molecule has 4 atom stereocenters. The van der Waals surface area contributed by atoms with Gasteiger partial charge in [0.1, 0.15) is 31.8 Å². The van der Waals surface area contributed by atoms with Crippen LogP contribution in [-0.4, -0.2) is 196 Å². The molecule has 11 rings (SSSR count). The van der Waals surface area contributed by atoms with Crippen LogP contribution in [0.4, 0.5) is 35.5 Å². The Morgan fingerprint density at radius 3 is 2.27 bits per heavy atom. The maximum Gasteiger partial charge on any atom is 0.415 e. The molecule has 2 saturated carbocycles. The van der Waals surface area contributed by atoms with Gasteiger partial charge >= 0.3 is 30.4 Å². The minimum absolute atomic E-state index is 0.0145. The highest BCUT2D eigenvalue weighted by atomic mass is 16.7. The molecule has 3 aromatic carbocycles. The van der Waals surface area contributed by atoms with E-state index in [1.807, 2.05) is 42.4 Å². The second-order valence-corrected chi connectivity index (χ2v) is 24.6. The SMILES string of the molecule is COc1ccc2cc3[n+](cc2c1OC(=O)N(C)CCNC(=O)OCCCOC1CC2CC(OCCOC(=O)Nc4ccc(COC(=O)N(C)CCN(C)C(=O)n5ccc6c(N(C)[C@@H]7CN(C(=O)CC#N)CC[C@@H]7C)ncnc65)cc4)CC2C1)CCc1cc2c(cc1-3)OCO2. The molecule has 1 saturated heterocycles. The van der Waals surface area contributed by atoms with Crippen LogP contribution in [-0.2, 0) is 48.1 Å². The van der Waals surface area contributed by atoms with E-state index < -0.39 is 24.4 Å². The molecule has 3 aliphatic heterocycles. The number of methoxy groups -OCH3 is 1. The van der Waals surface area contributed by atoms with E-state index in [-0.39, 0.29) is 102 Å². The van der Waals surface area contributed by atoms with E-state index in [1.165, 1.54) is 38.3 Å². The summed E-state index contributed by atoms with van der Waals surface area (Å²) < 4.78 is 55.0. The average molecular weight is 1290 g/mol. The van der Waals surface area contributed by atoms with Crippen LogP contribution in [0.25, 0.3) is 33.1 Å². The minimum Gasteiger partial charge on any atom is -0.493 e. The molecule has 27 nitrogen and oxygen atoms in total. The van der Waals surface area contributed by atoms with Crippen LogP contribution in [0.1, 0.15) is 63.0 Å².